The number of carbonyl (C=O) groups excluding carboxylic acids is 2. The van der Waals surface area contributed by atoms with Gasteiger partial charge in [0, 0.05) is 44.7 Å². The molecule has 0 unspecified atom stereocenters. The number of nitrogens with zero attached hydrogens (tertiary/aromatic N) is 1. The number of amides is 2. The molecular formula is C25H33N3O3. The lowest BCUT2D eigenvalue weighted by molar-refractivity contribution is -0.121. The molecule has 3 rings (SSSR count). The molecule has 2 N–H and O–H groups in total. The third-order valence-corrected chi connectivity index (χ3v) is 5.53. The zero-order chi connectivity index (χ0) is 21.9. The highest BCUT2D eigenvalue weighted by Crippen LogP contribution is 2.12. The van der Waals surface area contributed by atoms with Gasteiger partial charge in [-0.25, -0.2) is 0 Å². The maximum absolute atomic E-state index is 12.3. The van der Waals surface area contributed by atoms with Gasteiger partial charge in [-0.3, -0.25) is 14.5 Å². The fourth-order valence-corrected chi connectivity index (χ4v) is 3.56. The minimum absolute atomic E-state index is 0.00164. The Kier molecular flexibility index (Phi) is 9.06. The fraction of sp³-hybridized carbons (Fsp3) is 0.440. The van der Waals surface area contributed by atoms with E-state index in [9.17, 15) is 9.59 Å². The fourth-order valence-electron chi connectivity index (χ4n) is 3.56. The van der Waals surface area contributed by atoms with Gasteiger partial charge in [0.05, 0.1) is 13.2 Å². The standard InChI is InChI=1S/C25H33N3O3/c1-2-20-6-8-21(9-7-20)10-11-24(29)26-19-22-4-3-5-23(18-22)27-25(30)12-13-28-14-16-31-17-15-28/h3-9,18H,2,10-17,19H2,1H3,(H,26,29)(H,27,30). The molecule has 1 aliphatic rings. The highest BCUT2D eigenvalue weighted by atomic mass is 16.5. The molecule has 0 spiro atoms. The van der Waals surface area contributed by atoms with Crippen LogP contribution in [0.25, 0.3) is 0 Å². The van der Waals surface area contributed by atoms with Crippen LogP contribution in [0.2, 0.25) is 0 Å². The molecule has 2 amide bonds. The van der Waals surface area contributed by atoms with Crippen LogP contribution in [0.3, 0.4) is 0 Å². The van der Waals surface area contributed by atoms with Crippen LogP contribution in [0, 0.1) is 0 Å². The summed E-state index contributed by atoms with van der Waals surface area (Å²) < 4.78 is 5.33. The molecular weight excluding hydrogens is 390 g/mol. The lowest BCUT2D eigenvalue weighted by Crippen LogP contribution is -2.38. The molecule has 0 atom stereocenters. The number of hydrogen-bond acceptors (Lipinski definition) is 4. The van der Waals surface area contributed by atoms with E-state index in [1.165, 1.54) is 11.1 Å². The van der Waals surface area contributed by atoms with Crippen LogP contribution in [0.15, 0.2) is 48.5 Å². The average Bonchev–Trinajstić information content (AvgIpc) is 2.81. The van der Waals surface area contributed by atoms with Crippen molar-refractivity contribution in [1.29, 1.82) is 0 Å². The Labute approximate surface area is 185 Å². The number of nitrogens with one attached hydrogen (secondary N) is 2. The molecule has 0 saturated carbocycles. The van der Waals surface area contributed by atoms with E-state index in [-0.39, 0.29) is 11.8 Å². The SMILES string of the molecule is CCc1ccc(CCC(=O)NCc2cccc(NC(=O)CCN3CCOCC3)c2)cc1. The van der Waals surface area contributed by atoms with Crippen molar-refractivity contribution in [2.75, 3.05) is 38.2 Å². The number of carbonyl (C=O) groups is 2. The molecule has 1 aliphatic heterocycles. The van der Waals surface area contributed by atoms with Crippen LogP contribution < -0.4 is 10.6 Å². The Morgan fingerprint density at radius 3 is 2.42 bits per heavy atom. The molecule has 0 radical (unpaired) electrons. The van der Waals surface area contributed by atoms with Gasteiger partial charge in [0.2, 0.25) is 11.8 Å². The third kappa shape index (κ3) is 8.15. The number of rotatable bonds is 10. The highest BCUT2D eigenvalue weighted by Gasteiger charge is 2.12. The smallest absolute Gasteiger partial charge is 0.225 e. The summed E-state index contributed by atoms with van der Waals surface area (Å²) in [5.74, 6) is 0.0290. The number of morpholine rings is 1. The van der Waals surface area contributed by atoms with Crippen LogP contribution in [0.5, 0.6) is 0 Å². The highest BCUT2D eigenvalue weighted by molar-refractivity contribution is 5.90. The molecule has 0 bridgehead atoms. The van der Waals surface area contributed by atoms with E-state index < -0.39 is 0 Å². The minimum atomic E-state index is 0.00164. The van der Waals surface area contributed by atoms with Gasteiger partial charge in [-0.1, -0.05) is 43.3 Å². The maximum Gasteiger partial charge on any atom is 0.225 e. The molecule has 1 saturated heterocycles. The predicted molar refractivity (Wildman–Crippen MR) is 123 cm³/mol. The Morgan fingerprint density at radius 2 is 1.68 bits per heavy atom. The summed E-state index contributed by atoms with van der Waals surface area (Å²) in [6, 6.07) is 16.1. The largest absolute Gasteiger partial charge is 0.379 e. The third-order valence-electron chi connectivity index (χ3n) is 5.53. The van der Waals surface area contributed by atoms with Crippen LogP contribution in [-0.4, -0.2) is 49.6 Å². The van der Waals surface area contributed by atoms with Crippen molar-refractivity contribution in [3.8, 4) is 0 Å². The lowest BCUT2D eigenvalue weighted by Gasteiger charge is -2.26. The first-order valence-corrected chi connectivity index (χ1v) is 11.2. The van der Waals surface area contributed by atoms with Gasteiger partial charge < -0.3 is 15.4 Å². The number of aryl methyl sites for hydroxylation is 2. The first-order chi connectivity index (χ1) is 15.1. The summed E-state index contributed by atoms with van der Waals surface area (Å²) in [6.45, 7) is 6.56. The van der Waals surface area contributed by atoms with Gasteiger partial charge in [-0.2, -0.15) is 0 Å². The van der Waals surface area contributed by atoms with Crippen molar-refractivity contribution in [3.63, 3.8) is 0 Å². The van der Waals surface area contributed by atoms with E-state index >= 15 is 0 Å². The number of ether oxygens (including phenoxy) is 1. The number of anilines is 1. The molecule has 2 aromatic carbocycles. The first kappa shape index (κ1) is 23.0. The molecule has 6 heteroatoms. The molecule has 166 valence electrons. The predicted octanol–water partition coefficient (Wildman–Crippen LogP) is 3.16. The van der Waals surface area contributed by atoms with Gasteiger partial charge in [-0.15, -0.1) is 0 Å². The van der Waals surface area contributed by atoms with Crippen molar-refractivity contribution >= 4 is 17.5 Å². The van der Waals surface area contributed by atoms with Crippen LogP contribution >= 0.6 is 0 Å². The van der Waals surface area contributed by atoms with Crippen molar-refractivity contribution in [3.05, 3.63) is 65.2 Å². The Morgan fingerprint density at radius 1 is 0.935 bits per heavy atom. The van der Waals surface area contributed by atoms with E-state index in [0.29, 0.717) is 19.4 Å². The average molecular weight is 424 g/mol. The summed E-state index contributed by atoms with van der Waals surface area (Å²) in [7, 11) is 0. The number of hydrogen-bond donors (Lipinski definition) is 2. The van der Waals surface area contributed by atoms with E-state index in [1.54, 1.807) is 0 Å². The summed E-state index contributed by atoms with van der Waals surface area (Å²) in [5.41, 5.74) is 4.21. The topological polar surface area (TPSA) is 70.7 Å². The summed E-state index contributed by atoms with van der Waals surface area (Å²) in [5, 5.41) is 5.93. The van der Waals surface area contributed by atoms with Crippen LogP contribution in [0.1, 0.15) is 36.5 Å². The van der Waals surface area contributed by atoms with Gasteiger partial charge in [0.15, 0.2) is 0 Å². The zero-order valence-corrected chi connectivity index (χ0v) is 18.4. The second kappa shape index (κ2) is 12.2. The van der Waals surface area contributed by atoms with Gasteiger partial charge >= 0.3 is 0 Å². The zero-order valence-electron chi connectivity index (χ0n) is 18.4. The Bertz CT molecular complexity index is 845. The van der Waals surface area contributed by atoms with E-state index in [0.717, 1.165) is 56.9 Å². The van der Waals surface area contributed by atoms with E-state index in [1.807, 2.05) is 24.3 Å². The van der Waals surface area contributed by atoms with Crippen molar-refractivity contribution in [2.24, 2.45) is 0 Å². The lowest BCUT2D eigenvalue weighted by atomic mass is 10.1. The van der Waals surface area contributed by atoms with Crippen molar-refractivity contribution in [1.82, 2.24) is 10.2 Å². The molecule has 1 heterocycles. The summed E-state index contributed by atoms with van der Waals surface area (Å²) >= 11 is 0. The second-order valence-electron chi connectivity index (χ2n) is 7.90. The molecule has 0 aliphatic carbocycles. The van der Waals surface area contributed by atoms with Gasteiger partial charge in [-0.05, 0) is 41.7 Å². The van der Waals surface area contributed by atoms with Crippen LogP contribution in [-0.2, 0) is 33.7 Å². The van der Waals surface area contributed by atoms with Gasteiger partial charge in [0.1, 0.15) is 0 Å². The molecule has 2 aromatic rings. The maximum atomic E-state index is 12.3. The second-order valence-corrected chi connectivity index (χ2v) is 7.90. The Balaban J connectivity index is 1.38. The molecule has 6 nitrogen and oxygen atoms in total. The molecule has 1 fully saturated rings. The van der Waals surface area contributed by atoms with Crippen molar-refractivity contribution in [2.45, 2.75) is 39.2 Å². The number of benzene rings is 2. The monoisotopic (exact) mass is 423 g/mol. The molecule has 0 aromatic heterocycles. The van der Waals surface area contributed by atoms with Crippen molar-refractivity contribution < 1.29 is 14.3 Å². The summed E-state index contributed by atoms with van der Waals surface area (Å²) in [6.07, 6.45) is 2.67. The normalized spacial score (nSPS) is 14.2. The Hall–Kier alpha value is -2.70. The van der Waals surface area contributed by atoms with Crippen LogP contribution in [0.4, 0.5) is 5.69 Å². The van der Waals surface area contributed by atoms with Gasteiger partial charge in [0.25, 0.3) is 0 Å². The van der Waals surface area contributed by atoms with E-state index in [2.05, 4.69) is 46.7 Å². The summed E-state index contributed by atoms with van der Waals surface area (Å²) in [4.78, 5) is 26.7. The quantitative estimate of drug-likeness (QED) is 0.616. The molecule has 31 heavy (non-hydrogen) atoms. The first-order valence-electron chi connectivity index (χ1n) is 11.2. The van der Waals surface area contributed by atoms with E-state index in [4.69, 9.17) is 4.74 Å². The minimum Gasteiger partial charge on any atom is -0.379 e.